The van der Waals surface area contributed by atoms with Crippen LogP contribution in [-0.2, 0) is 11.2 Å². The van der Waals surface area contributed by atoms with Crippen LogP contribution in [0.4, 0.5) is 16.2 Å². The van der Waals surface area contributed by atoms with E-state index in [2.05, 4.69) is 10.6 Å². The Bertz CT molecular complexity index is 989. The number of nitrogens with zero attached hydrogens (tertiary/aromatic N) is 1. The number of hydrogen-bond donors (Lipinski definition) is 2. The number of amides is 3. The first-order valence-corrected chi connectivity index (χ1v) is 10.0. The van der Waals surface area contributed by atoms with Gasteiger partial charge in [-0.15, -0.1) is 0 Å². The molecule has 0 saturated carbocycles. The zero-order valence-corrected chi connectivity index (χ0v) is 17.7. The van der Waals surface area contributed by atoms with Gasteiger partial charge in [-0.2, -0.15) is 0 Å². The lowest BCUT2D eigenvalue weighted by molar-refractivity contribution is -0.117. The first-order chi connectivity index (χ1) is 14.4. The van der Waals surface area contributed by atoms with E-state index in [1.807, 2.05) is 61.5 Å². The molecule has 6 heteroatoms. The Morgan fingerprint density at radius 2 is 1.57 bits per heavy atom. The van der Waals surface area contributed by atoms with Crippen molar-refractivity contribution in [2.45, 2.75) is 19.4 Å². The van der Waals surface area contributed by atoms with Gasteiger partial charge >= 0.3 is 6.03 Å². The monoisotopic (exact) mass is 421 g/mol. The molecule has 2 N–H and O–H groups in total. The lowest BCUT2D eigenvalue weighted by atomic mass is 10.1. The lowest BCUT2D eigenvalue weighted by Gasteiger charge is -2.17. The third kappa shape index (κ3) is 5.84. The third-order valence-electron chi connectivity index (χ3n) is 4.80. The molecular weight excluding hydrogens is 398 g/mol. The second kappa shape index (κ2) is 9.94. The smallest absolute Gasteiger partial charge is 0.319 e. The quantitative estimate of drug-likeness (QED) is 0.557. The van der Waals surface area contributed by atoms with E-state index in [-0.39, 0.29) is 24.4 Å². The zero-order chi connectivity index (χ0) is 21.5. The summed E-state index contributed by atoms with van der Waals surface area (Å²) in [5.74, 6) is -0.00329. The second-order valence-electron chi connectivity index (χ2n) is 7.03. The number of likely N-dealkylation sites (N-methyl/N-ethyl adjacent to an activating group) is 1. The summed E-state index contributed by atoms with van der Waals surface area (Å²) < 4.78 is 0. The number of hydrogen-bond acceptors (Lipinski definition) is 2. The Kier molecular flexibility index (Phi) is 7.09. The van der Waals surface area contributed by atoms with Crippen molar-refractivity contribution in [3.8, 4) is 0 Å². The van der Waals surface area contributed by atoms with Crippen molar-refractivity contribution < 1.29 is 9.59 Å². The Hall–Kier alpha value is -3.31. The molecule has 5 nitrogen and oxygen atoms in total. The maximum absolute atomic E-state index is 12.5. The lowest BCUT2D eigenvalue weighted by Crippen LogP contribution is -2.31. The maximum atomic E-state index is 12.5. The highest BCUT2D eigenvalue weighted by atomic mass is 35.5. The molecule has 3 aromatic rings. The Balaban J connectivity index is 1.53. The number of nitrogens with one attached hydrogen (secondary N) is 2. The molecule has 1 unspecified atom stereocenters. The predicted molar refractivity (Wildman–Crippen MR) is 122 cm³/mol. The van der Waals surface area contributed by atoms with Gasteiger partial charge in [0.15, 0.2) is 0 Å². The van der Waals surface area contributed by atoms with Gasteiger partial charge in [0.25, 0.3) is 0 Å². The molecule has 3 aromatic carbocycles. The molecule has 0 aromatic heterocycles. The highest BCUT2D eigenvalue weighted by molar-refractivity contribution is 6.30. The van der Waals surface area contributed by atoms with Crippen LogP contribution in [0.2, 0.25) is 5.02 Å². The van der Waals surface area contributed by atoms with E-state index in [9.17, 15) is 9.59 Å². The normalized spacial score (nSPS) is 11.4. The molecule has 1 atom stereocenters. The van der Waals surface area contributed by atoms with Gasteiger partial charge in [0.2, 0.25) is 5.91 Å². The Morgan fingerprint density at radius 1 is 0.933 bits per heavy atom. The second-order valence-corrected chi connectivity index (χ2v) is 7.47. The number of carbonyl (C=O) groups excluding carboxylic acids is 2. The summed E-state index contributed by atoms with van der Waals surface area (Å²) >= 11 is 5.90. The Labute approximate surface area is 181 Å². The van der Waals surface area contributed by atoms with Crippen molar-refractivity contribution in [2.24, 2.45) is 0 Å². The van der Waals surface area contributed by atoms with E-state index in [4.69, 9.17) is 11.6 Å². The van der Waals surface area contributed by atoms with Crippen LogP contribution in [0.5, 0.6) is 0 Å². The minimum absolute atomic E-state index is 0.00329. The van der Waals surface area contributed by atoms with E-state index in [0.29, 0.717) is 10.7 Å². The van der Waals surface area contributed by atoms with E-state index in [1.165, 1.54) is 0 Å². The van der Waals surface area contributed by atoms with Crippen molar-refractivity contribution in [3.05, 3.63) is 95.0 Å². The molecular formula is C24H24ClN3O2. The van der Waals surface area contributed by atoms with E-state index in [1.54, 1.807) is 36.2 Å². The molecule has 30 heavy (non-hydrogen) atoms. The van der Waals surface area contributed by atoms with E-state index in [0.717, 1.165) is 16.8 Å². The topological polar surface area (TPSA) is 61.4 Å². The number of rotatable bonds is 6. The SMILES string of the molecule is CC(NC(=O)Nc1ccc(CC(=O)N(C)c2ccccc2)cc1)c1ccc(Cl)cc1. The minimum atomic E-state index is -0.301. The molecule has 0 radical (unpaired) electrons. The fourth-order valence-corrected chi connectivity index (χ4v) is 3.12. The summed E-state index contributed by atoms with van der Waals surface area (Å²) in [5, 5.41) is 6.36. The summed E-state index contributed by atoms with van der Waals surface area (Å²) in [6.07, 6.45) is 0.283. The fraction of sp³-hybridized carbons (Fsp3) is 0.167. The standard InChI is InChI=1S/C24H24ClN3O2/c1-17(19-10-12-20(25)13-11-19)26-24(30)27-21-14-8-18(9-15-21)16-23(29)28(2)22-6-4-3-5-7-22/h3-15,17H,16H2,1-2H3,(H2,26,27,30). The molecule has 3 amide bonds. The third-order valence-corrected chi connectivity index (χ3v) is 5.05. The van der Waals surface area contributed by atoms with Crippen LogP contribution in [-0.4, -0.2) is 19.0 Å². The van der Waals surface area contributed by atoms with Gasteiger partial charge in [0.1, 0.15) is 0 Å². The van der Waals surface area contributed by atoms with Crippen LogP contribution in [0.15, 0.2) is 78.9 Å². The van der Waals surface area contributed by atoms with Crippen LogP contribution in [0.3, 0.4) is 0 Å². The highest BCUT2D eigenvalue weighted by Gasteiger charge is 2.12. The van der Waals surface area contributed by atoms with Crippen molar-refractivity contribution in [2.75, 3.05) is 17.3 Å². The van der Waals surface area contributed by atoms with Gasteiger partial charge in [0.05, 0.1) is 12.5 Å². The Morgan fingerprint density at radius 3 is 2.20 bits per heavy atom. The van der Waals surface area contributed by atoms with Gasteiger partial charge in [-0.05, 0) is 54.4 Å². The number of para-hydroxylation sites is 1. The van der Waals surface area contributed by atoms with Gasteiger partial charge < -0.3 is 15.5 Å². The minimum Gasteiger partial charge on any atom is -0.331 e. The summed E-state index contributed by atoms with van der Waals surface area (Å²) in [6, 6.07) is 23.7. The van der Waals surface area contributed by atoms with Crippen molar-refractivity contribution in [1.82, 2.24) is 5.32 Å². The molecule has 0 aliphatic heterocycles. The molecule has 0 bridgehead atoms. The summed E-state index contributed by atoms with van der Waals surface area (Å²) in [5.41, 5.74) is 3.35. The van der Waals surface area contributed by atoms with Crippen LogP contribution in [0.1, 0.15) is 24.1 Å². The van der Waals surface area contributed by atoms with Gasteiger partial charge in [-0.1, -0.05) is 54.1 Å². The molecule has 0 spiro atoms. The van der Waals surface area contributed by atoms with Gasteiger partial charge in [-0.3, -0.25) is 4.79 Å². The highest BCUT2D eigenvalue weighted by Crippen LogP contribution is 2.17. The molecule has 0 heterocycles. The number of benzene rings is 3. The average molecular weight is 422 g/mol. The number of carbonyl (C=O) groups is 2. The molecule has 154 valence electrons. The van der Waals surface area contributed by atoms with Gasteiger partial charge in [-0.25, -0.2) is 4.79 Å². The molecule has 0 aliphatic carbocycles. The summed E-state index contributed by atoms with van der Waals surface area (Å²) in [7, 11) is 1.76. The van der Waals surface area contributed by atoms with Crippen LogP contribution in [0.25, 0.3) is 0 Å². The zero-order valence-electron chi connectivity index (χ0n) is 16.9. The van der Waals surface area contributed by atoms with E-state index < -0.39 is 0 Å². The summed E-state index contributed by atoms with van der Waals surface area (Å²) in [4.78, 5) is 26.4. The maximum Gasteiger partial charge on any atom is 0.319 e. The number of anilines is 2. The van der Waals surface area contributed by atoms with Crippen molar-refractivity contribution in [1.29, 1.82) is 0 Å². The van der Waals surface area contributed by atoms with Crippen LogP contribution >= 0.6 is 11.6 Å². The first kappa shape index (κ1) is 21.4. The number of urea groups is 1. The molecule has 3 rings (SSSR count). The van der Waals surface area contributed by atoms with Crippen molar-refractivity contribution in [3.63, 3.8) is 0 Å². The predicted octanol–water partition coefficient (Wildman–Crippen LogP) is 5.43. The number of halogens is 1. The van der Waals surface area contributed by atoms with Crippen molar-refractivity contribution >= 4 is 34.9 Å². The molecule has 0 saturated heterocycles. The largest absolute Gasteiger partial charge is 0.331 e. The van der Waals surface area contributed by atoms with Crippen LogP contribution in [0, 0.1) is 0 Å². The fourth-order valence-electron chi connectivity index (χ4n) is 2.99. The first-order valence-electron chi connectivity index (χ1n) is 9.66. The van der Waals surface area contributed by atoms with Crippen LogP contribution < -0.4 is 15.5 Å². The van der Waals surface area contributed by atoms with Gasteiger partial charge in [0, 0.05) is 23.4 Å². The molecule has 0 aliphatic rings. The van der Waals surface area contributed by atoms with E-state index >= 15 is 0 Å². The molecule has 0 fully saturated rings. The summed E-state index contributed by atoms with van der Waals surface area (Å²) in [6.45, 7) is 1.90. The average Bonchev–Trinajstić information content (AvgIpc) is 2.75.